The topological polar surface area (TPSA) is 79.9 Å². The molecule has 4 rings (SSSR count). The second kappa shape index (κ2) is 10.0. The molecular weight excluding hydrogens is 455 g/mol. The fraction of sp³-hybridized carbons (Fsp3) is 0.0385. The van der Waals surface area contributed by atoms with Crippen LogP contribution in [0.25, 0.3) is 11.8 Å². The van der Waals surface area contributed by atoms with E-state index in [4.69, 9.17) is 16.3 Å². The van der Waals surface area contributed by atoms with Crippen LogP contribution in [-0.2, 0) is 4.79 Å². The van der Waals surface area contributed by atoms with E-state index in [1.165, 1.54) is 30.3 Å². The van der Waals surface area contributed by atoms with Gasteiger partial charge in [0, 0.05) is 0 Å². The second-order valence-electron chi connectivity index (χ2n) is 7.21. The summed E-state index contributed by atoms with van der Waals surface area (Å²) in [5.41, 5.74) is 1.88. The van der Waals surface area contributed by atoms with Crippen LogP contribution in [0, 0.1) is 24.1 Å². The normalized spacial score (nSPS) is 11.1. The zero-order chi connectivity index (χ0) is 24.1. The van der Waals surface area contributed by atoms with Crippen LogP contribution in [0.15, 0.2) is 84.4 Å². The first-order valence-corrected chi connectivity index (χ1v) is 10.6. The van der Waals surface area contributed by atoms with Crippen LogP contribution in [0.3, 0.4) is 0 Å². The summed E-state index contributed by atoms with van der Waals surface area (Å²) in [4.78, 5) is 12.8. The number of benzene rings is 3. The lowest BCUT2D eigenvalue weighted by molar-refractivity contribution is -0.112. The molecule has 4 aromatic rings. The van der Waals surface area contributed by atoms with Crippen LogP contribution in [0.4, 0.5) is 10.1 Å². The molecule has 3 aromatic carbocycles. The highest BCUT2D eigenvalue weighted by atomic mass is 35.5. The summed E-state index contributed by atoms with van der Waals surface area (Å²) in [5, 5.41) is 17.3. The maximum absolute atomic E-state index is 13.4. The lowest BCUT2D eigenvalue weighted by Crippen LogP contribution is -2.13. The predicted molar refractivity (Wildman–Crippen MR) is 128 cm³/mol. The van der Waals surface area contributed by atoms with Gasteiger partial charge < -0.3 is 10.1 Å². The fourth-order valence-corrected chi connectivity index (χ4v) is 3.37. The molecule has 0 bridgehead atoms. The highest BCUT2D eigenvalue weighted by molar-refractivity contribution is 6.34. The van der Waals surface area contributed by atoms with Crippen LogP contribution >= 0.6 is 11.6 Å². The third-order valence-electron chi connectivity index (χ3n) is 4.87. The molecule has 6 nitrogen and oxygen atoms in total. The van der Waals surface area contributed by atoms with E-state index in [0.717, 1.165) is 0 Å². The largest absolute Gasteiger partial charge is 0.438 e. The minimum atomic E-state index is -0.629. The van der Waals surface area contributed by atoms with Crippen molar-refractivity contribution in [3.05, 3.63) is 107 Å². The van der Waals surface area contributed by atoms with E-state index in [9.17, 15) is 14.4 Å². The lowest BCUT2D eigenvalue weighted by Gasteiger charge is -2.11. The molecule has 1 heterocycles. The van der Waals surface area contributed by atoms with Gasteiger partial charge in [0.05, 0.1) is 27.7 Å². The Kier molecular flexibility index (Phi) is 6.72. The molecule has 0 aliphatic carbocycles. The molecule has 0 unspecified atom stereocenters. The summed E-state index contributed by atoms with van der Waals surface area (Å²) >= 11 is 6.12. The zero-order valence-electron chi connectivity index (χ0n) is 18.0. The predicted octanol–water partition coefficient (Wildman–Crippen LogP) is 6.31. The van der Waals surface area contributed by atoms with Crippen LogP contribution in [-0.4, -0.2) is 15.7 Å². The third kappa shape index (κ3) is 4.98. The van der Waals surface area contributed by atoms with E-state index >= 15 is 0 Å². The van der Waals surface area contributed by atoms with Crippen molar-refractivity contribution in [3.8, 4) is 23.4 Å². The van der Waals surface area contributed by atoms with Gasteiger partial charge in [-0.1, -0.05) is 41.9 Å². The molecule has 1 amide bonds. The number of ether oxygens (including phenoxy) is 1. The molecule has 0 spiro atoms. The minimum absolute atomic E-state index is 0.167. The van der Waals surface area contributed by atoms with Crippen molar-refractivity contribution >= 4 is 29.3 Å². The monoisotopic (exact) mass is 472 g/mol. The number of rotatable bonds is 6. The van der Waals surface area contributed by atoms with Gasteiger partial charge in [-0.3, -0.25) is 4.79 Å². The first-order valence-electron chi connectivity index (χ1n) is 10.2. The number of halogens is 2. The first-order chi connectivity index (χ1) is 16.5. The van der Waals surface area contributed by atoms with Crippen molar-refractivity contribution in [1.82, 2.24) is 9.78 Å². The molecule has 168 valence electrons. The number of carbonyl (C=O) groups excluding carboxylic acids is 1. The van der Waals surface area contributed by atoms with Crippen LogP contribution in [0.2, 0.25) is 5.02 Å². The second-order valence-corrected chi connectivity index (χ2v) is 7.62. The number of anilines is 1. The molecule has 1 N–H and O–H groups in total. The smallest absolute Gasteiger partial charge is 0.266 e. The summed E-state index contributed by atoms with van der Waals surface area (Å²) in [5.74, 6) is -0.390. The highest BCUT2D eigenvalue weighted by Gasteiger charge is 2.20. The maximum Gasteiger partial charge on any atom is 0.266 e. The van der Waals surface area contributed by atoms with E-state index in [-0.39, 0.29) is 11.5 Å². The number of hydrogen-bond donors (Lipinski definition) is 1. The quantitative estimate of drug-likeness (QED) is 0.263. The summed E-state index contributed by atoms with van der Waals surface area (Å²) in [6.45, 7) is 1.74. The maximum atomic E-state index is 13.4. The van der Waals surface area contributed by atoms with Crippen molar-refractivity contribution in [3.63, 3.8) is 0 Å². The average molecular weight is 473 g/mol. The van der Waals surface area contributed by atoms with Crippen LogP contribution in [0.1, 0.15) is 11.3 Å². The lowest BCUT2D eigenvalue weighted by atomic mass is 10.1. The zero-order valence-corrected chi connectivity index (χ0v) is 18.8. The number of nitriles is 1. The number of nitrogens with zero attached hydrogens (tertiary/aromatic N) is 3. The van der Waals surface area contributed by atoms with Gasteiger partial charge in [0.1, 0.15) is 23.2 Å². The molecule has 0 aliphatic heterocycles. The van der Waals surface area contributed by atoms with E-state index in [2.05, 4.69) is 10.4 Å². The molecule has 0 atom stereocenters. The number of hydrogen-bond acceptors (Lipinski definition) is 4. The Balaban J connectivity index is 1.78. The Labute approximate surface area is 200 Å². The highest BCUT2D eigenvalue weighted by Crippen LogP contribution is 2.32. The Morgan fingerprint density at radius 2 is 1.76 bits per heavy atom. The minimum Gasteiger partial charge on any atom is -0.438 e. The third-order valence-corrected chi connectivity index (χ3v) is 5.20. The molecule has 1 aromatic heterocycles. The summed E-state index contributed by atoms with van der Waals surface area (Å²) in [6.07, 6.45) is 1.41. The van der Waals surface area contributed by atoms with Gasteiger partial charge in [-0.2, -0.15) is 15.0 Å². The van der Waals surface area contributed by atoms with Crippen molar-refractivity contribution in [2.75, 3.05) is 5.32 Å². The molecule has 34 heavy (non-hydrogen) atoms. The van der Waals surface area contributed by atoms with E-state index in [1.54, 1.807) is 35.9 Å². The standard InChI is InChI=1S/C26H18ClFN4O2/c1-17-22(15-18(16-29)25(33)30-24-10-6-5-9-23(24)27)26(34-21-13-11-19(28)12-14-21)32(31-17)20-7-3-2-4-8-20/h2-15H,1H3,(H,30,33). The van der Waals surface area contributed by atoms with E-state index in [0.29, 0.717) is 33.4 Å². The number of carbonyl (C=O) groups is 1. The van der Waals surface area contributed by atoms with E-state index in [1.807, 2.05) is 36.4 Å². The molecule has 0 radical (unpaired) electrons. The summed E-state index contributed by atoms with van der Waals surface area (Å²) in [7, 11) is 0. The van der Waals surface area contributed by atoms with Crippen LogP contribution < -0.4 is 10.1 Å². The fourth-order valence-electron chi connectivity index (χ4n) is 3.19. The van der Waals surface area contributed by atoms with Crippen LogP contribution in [0.5, 0.6) is 11.6 Å². The van der Waals surface area contributed by atoms with Gasteiger partial charge in [0.2, 0.25) is 5.88 Å². The molecule has 0 fully saturated rings. The molecule has 0 aliphatic rings. The number of nitrogens with one attached hydrogen (secondary N) is 1. The Hall–Kier alpha value is -4.41. The molecular formula is C26H18ClFN4O2. The molecule has 0 saturated carbocycles. The van der Waals surface area contributed by atoms with E-state index < -0.39 is 11.7 Å². The van der Waals surface area contributed by atoms with Gasteiger partial charge in [0.25, 0.3) is 5.91 Å². The number of aryl methyl sites for hydroxylation is 1. The summed E-state index contributed by atoms with van der Waals surface area (Å²) < 4.78 is 21.0. The van der Waals surface area contributed by atoms with Crippen molar-refractivity contribution in [1.29, 1.82) is 5.26 Å². The Morgan fingerprint density at radius 3 is 2.44 bits per heavy atom. The van der Waals surface area contributed by atoms with Gasteiger partial charge in [0.15, 0.2) is 0 Å². The Morgan fingerprint density at radius 1 is 1.09 bits per heavy atom. The van der Waals surface area contributed by atoms with Crippen molar-refractivity contribution in [2.45, 2.75) is 6.92 Å². The summed E-state index contributed by atoms with van der Waals surface area (Å²) in [6, 6.07) is 23.4. The number of amides is 1. The van der Waals surface area contributed by atoms with Crippen molar-refractivity contribution in [2.24, 2.45) is 0 Å². The molecule has 8 heteroatoms. The van der Waals surface area contributed by atoms with Gasteiger partial charge in [-0.15, -0.1) is 0 Å². The number of para-hydroxylation sites is 2. The molecule has 0 saturated heterocycles. The number of aromatic nitrogens is 2. The van der Waals surface area contributed by atoms with Crippen molar-refractivity contribution < 1.29 is 13.9 Å². The average Bonchev–Trinajstić information content (AvgIpc) is 3.15. The SMILES string of the molecule is Cc1nn(-c2ccccc2)c(Oc2ccc(F)cc2)c1C=C(C#N)C(=O)Nc1ccccc1Cl. The Bertz CT molecular complexity index is 1410. The first kappa shape index (κ1) is 22.8. The van der Waals surface area contributed by atoms with Gasteiger partial charge in [-0.25, -0.2) is 4.39 Å². The van der Waals surface area contributed by atoms with Gasteiger partial charge in [-0.05, 0) is 61.5 Å². The van der Waals surface area contributed by atoms with Gasteiger partial charge >= 0.3 is 0 Å².